The molecule has 0 saturated heterocycles. The van der Waals surface area contributed by atoms with E-state index in [0.717, 1.165) is 4.47 Å². The molecule has 1 aromatic rings. The van der Waals surface area contributed by atoms with Crippen LogP contribution >= 0.6 is 47.8 Å². The number of urea groups is 1. The molecule has 2 amide bonds. The summed E-state index contributed by atoms with van der Waals surface area (Å²) in [4.78, 5) is 22.8. The molecule has 1 aliphatic rings. The summed E-state index contributed by atoms with van der Waals surface area (Å²) in [5.41, 5.74) is -0.184. The average molecular weight is 471 g/mol. The Hall–Kier alpha value is -0.600. The molecule has 1 aromatic carbocycles. The van der Waals surface area contributed by atoms with Crippen molar-refractivity contribution < 1.29 is 14.7 Å². The van der Waals surface area contributed by atoms with Gasteiger partial charge in [-0.2, -0.15) is 0 Å². The second-order valence-corrected chi connectivity index (χ2v) is 7.26. The number of halogens is 3. The normalized spacial score (nSPS) is 15.6. The highest BCUT2D eigenvalue weighted by atomic mass is 79.9. The maximum atomic E-state index is 11.8. The van der Waals surface area contributed by atoms with E-state index in [1.807, 2.05) is 0 Å². The third-order valence-corrected chi connectivity index (χ3v) is 4.85. The molecule has 2 rings (SSSR count). The lowest BCUT2D eigenvalue weighted by Crippen LogP contribution is -2.36. The molecular formula is C12H11Br3N2O3. The smallest absolute Gasteiger partial charge is 0.319 e. The number of carboxylic acid groups (broad SMARTS) is 1. The number of anilines is 1. The zero-order chi connectivity index (χ0) is 14.9. The largest absolute Gasteiger partial charge is 0.481 e. The van der Waals surface area contributed by atoms with Gasteiger partial charge in [-0.3, -0.25) is 4.79 Å². The number of carbonyl (C=O) groups is 2. The van der Waals surface area contributed by atoms with Gasteiger partial charge in [0.2, 0.25) is 0 Å². The molecule has 0 radical (unpaired) electrons. The highest BCUT2D eigenvalue weighted by Crippen LogP contribution is 2.45. The SMILES string of the molecule is O=C(NCC1(C(=O)O)CC1)Nc1c(Br)cc(Br)cc1Br. The lowest BCUT2D eigenvalue weighted by atomic mass is 10.1. The van der Waals surface area contributed by atoms with Crippen LogP contribution in [0.1, 0.15) is 12.8 Å². The van der Waals surface area contributed by atoms with Crippen molar-refractivity contribution in [3.05, 3.63) is 25.6 Å². The minimum Gasteiger partial charge on any atom is -0.481 e. The molecule has 8 heteroatoms. The minimum atomic E-state index is -0.858. The molecule has 20 heavy (non-hydrogen) atoms. The van der Waals surface area contributed by atoms with E-state index in [9.17, 15) is 9.59 Å². The van der Waals surface area contributed by atoms with Crippen LogP contribution in [0.4, 0.5) is 10.5 Å². The van der Waals surface area contributed by atoms with Crippen molar-refractivity contribution in [1.29, 1.82) is 0 Å². The van der Waals surface area contributed by atoms with Crippen LogP contribution < -0.4 is 10.6 Å². The third kappa shape index (κ3) is 3.53. The number of nitrogens with one attached hydrogen (secondary N) is 2. The molecule has 0 atom stereocenters. The molecule has 1 aliphatic carbocycles. The zero-order valence-electron chi connectivity index (χ0n) is 10.2. The van der Waals surface area contributed by atoms with E-state index in [1.165, 1.54) is 0 Å². The lowest BCUT2D eigenvalue weighted by Gasteiger charge is -2.14. The summed E-state index contributed by atoms with van der Waals surface area (Å²) in [7, 11) is 0. The fraction of sp³-hybridized carbons (Fsp3) is 0.333. The fourth-order valence-electron chi connectivity index (χ4n) is 1.69. The van der Waals surface area contributed by atoms with Gasteiger partial charge in [0.15, 0.2) is 0 Å². The second kappa shape index (κ2) is 6.03. The van der Waals surface area contributed by atoms with E-state index in [4.69, 9.17) is 5.11 Å². The van der Waals surface area contributed by atoms with Crippen LogP contribution in [-0.2, 0) is 4.79 Å². The van der Waals surface area contributed by atoms with E-state index >= 15 is 0 Å². The van der Waals surface area contributed by atoms with Gasteiger partial charge in [-0.25, -0.2) is 4.79 Å². The Bertz CT molecular complexity index is 550. The van der Waals surface area contributed by atoms with E-state index in [1.54, 1.807) is 12.1 Å². The average Bonchev–Trinajstić information content (AvgIpc) is 3.12. The molecule has 3 N–H and O–H groups in total. The summed E-state index contributed by atoms with van der Waals surface area (Å²) >= 11 is 10.1. The number of carbonyl (C=O) groups excluding carboxylic acids is 1. The van der Waals surface area contributed by atoms with Gasteiger partial charge in [0, 0.05) is 20.0 Å². The molecule has 108 valence electrons. The van der Waals surface area contributed by atoms with Gasteiger partial charge in [-0.15, -0.1) is 0 Å². The van der Waals surface area contributed by atoms with Gasteiger partial charge in [-0.1, -0.05) is 15.9 Å². The first-order chi connectivity index (χ1) is 9.34. The number of amides is 2. The Morgan fingerprint density at radius 3 is 2.20 bits per heavy atom. The first-order valence-electron chi connectivity index (χ1n) is 5.77. The topological polar surface area (TPSA) is 78.4 Å². The van der Waals surface area contributed by atoms with E-state index in [-0.39, 0.29) is 6.54 Å². The molecule has 1 fully saturated rings. The van der Waals surface area contributed by atoms with Crippen molar-refractivity contribution in [3.63, 3.8) is 0 Å². The van der Waals surface area contributed by atoms with Gasteiger partial charge in [0.25, 0.3) is 0 Å². The van der Waals surface area contributed by atoms with Crippen LogP contribution in [0.5, 0.6) is 0 Å². The summed E-state index contributed by atoms with van der Waals surface area (Å²) in [6.45, 7) is 0.139. The number of hydrogen-bond acceptors (Lipinski definition) is 2. The van der Waals surface area contributed by atoms with Crippen LogP contribution in [0.15, 0.2) is 25.6 Å². The number of hydrogen-bond donors (Lipinski definition) is 3. The first-order valence-corrected chi connectivity index (χ1v) is 8.15. The van der Waals surface area contributed by atoms with Crippen LogP contribution in [0.25, 0.3) is 0 Å². The van der Waals surface area contributed by atoms with Crippen LogP contribution in [-0.4, -0.2) is 23.7 Å². The van der Waals surface area contributed by atoms with Crippen LogP contribution in [0.3, 0.4) is 0 Å². The van der Waals surface area contributed by atoms with E-state index < -0.39 is 17.4 Å². The highest BCUT2D eigenvalue weighted by Gasteiger charge is 2.50. The Balaban J connectivity index is 1.97. The van der Waals surface area contributed by atoms with Gasteiger partial charge < -0.3 is 15.7 Å². The number of aliphatic carboxylic acids is 1. The molecule has 1 saturated carbocycles. The standard InChI is InChI=1S/C12H11Br3N2O3/c13-6-3-7(14)9(8(15)4-6)17-11(20)16-5-12(1-2-12)10(18)19/h3-4H,1-2,5H2,(H,18,19)(H2,16,17,20). The number of carboxylic acids is 1. The Labute approximate surface area is 140 Å². The van der Waals surface area contributed by atoms with E-state index in [2.05, 4.69) is 58.4 Å². The van der Waals surface area contributed by atoms with Crippen molar-refractivity contribution in [2.75, 3.05) is 11.9 Å². The van der Waals surface area contributed by atoms with Gasteiger partial charge in [0.05, 0.1) is 11.1 Å². The summed E-state index contributed by atoms with van der Waals surface area (Å²) in [6, 6.07) is 3.18. The maximum absolute atomic E-state index is 11.8. The summed E-state index contributed by atoms with van der Waals surface area (Å²) in [5, 5.41) is 14.3. The maximum Gasteiger partial charge on any atom is 0.319 e. The quantitative estimate of drug-likeness (QED) is 0.623. The van der Waals surface area contributed by atoms with Crippen molar-refractivity contribution in [1.82, 2.24) is 5.32 Å². The molecule has 0 spiro atoms. The summed E-state index contributed by atoms with van der Waals surface area (Å²) < 4.78 is 2.30. The van der Waals surface area contributed by atoms with Crippen molar-refractivity contribution >= 4 is 65.5 Å². The Morgan fingerprint density at radius 2 is 1.75 bits per heavy atom. The molecule has 0 aliphatic heterocycles. The molecule has 0 bridgehead atoms. The summed E-state index contributed by atoms with van der Waals surface area (Å²) in [6.07, 6.45) is 1.21. The summed E-state index contributed by atoms with van der Waals surface area (Å²) in [5.74, 6) is -0.858. The molecular weight excluding hydrogens is 460 g/mol. The van der Waals surface area contributed by atoms with Gasteiger partial charge >= 0.3 is 12.0 Å². The highest BCUT2D eigenvalue weighted by molar-refractivity contribution is 9.11. The van der Waals surface area contributed by atoms with E-state index in [0.29, 0.717) is 27.5 Å². The Kier molecular flexibility index (Phi) is 4.76. The van der Waals surface area contributed by atoms with Crippen molar-refractivity contribution in [3.8, 4) is 0 Å². The number of rotatable bonds is 4. The third-order valence-electron chi connectivity index (χ3n) is 3.14. The lowest BCUT2D eigenvalue weighted by molar-refractivity contribution is -0.143. The molecule has 5 nitrogen and oxygen atoms in total. The van der Waals surface area contributed by atoms with Crippen LogP contribution in [0, 0.1) is 5.41 Å². The monoisotopic (exact) mass is 468 g/mol. The Morgan fingerprint density at radius 1 is 1.20 bits per heavy atom. The minimum absolute atomic E-state index is 0.139. The predicted molar refractivity (Wildman–Crippen MR) is 85.9 cm³/mol. The second-order valence-electron chi connectivity index (χ2n) is 4.64. The first kappa shape index (κ1) is 15.8. The number of benzene rings is 1. The predicted octanol–water partition coefficient (Wildman–Crippen LogP) is 3.96. The molecule has 0 aromatic heterocycles. The van der Waals surface area contributed by atoms with Gasteiger partial charge in [0.1, 0.15) is 0 Å². The molecule has 0 heterocycles. The van der Waals surface area contributed by atoms with Crippen LogP contribution in [0.2, 0.25) is 0 Å². The fourth-order valence-corrected chi connectivity index (χ4v) is 4.14. The molecule has 0 unspecified atom stereocenters. The van der Waals surface area contributed by atoms with Crippen molar-refractivity contribution in [2.45, 2.75) is 12.8 Å². The zero-order valence-corrected chi connectivity index (χ0v) is 14.9. The van der Waals surface area contributed by atoms with Gasteiger partial charge in [-0.05, 0) is 56.8 Å². The van der Waals surface area contributed by atoms with Crippen molar-refractivity contribution in [2.24, 2.45) is 5.41 Å².